The first kappa shape index (κ1) is 20.7. The summed E-state index contributed by atoms with van der Waals surface area (Å²) in [5.41, 5.74) is 0. The van der Waals surface area contributed by atoms with Gasteiger partial charge in [-0.3, -0.25) is 4.79 Å². The smallest absolute Gasteiger partial charge is 0.219 e. The topological polar surface area (TPSA) is 38.3 Å². The van der Waals surface area contributed by atoms with Crippen molar-refractivity contribution in [3.8, 4) is 0 Å². The fraction of sp³-hybridized carbons (Fsp3) is 0.938. The number of hydrogen-bond donors (Lipinski definition) is 1. The Bertz CT molecular complexity index is 189. The maximum absolute atomic E-state index is 11.2. The lowest BCUT2D eigenvalue weighted by Crippen LogP contribution is -2.21. The molecular formula is C16H37NO2. The second-order valence-electron chi connectivity index (χ2n) is 4.56. The van der Waals surface area contributed by atoms with E-state index in [2.05, 4.69) is 19.2 Å². The van der Waals surface area contributed by atoms with Crippen molar-refractivity contribution in [3.63, 3.8) is 0 Å². The summed E-state index contributed by atoms with van der Waals surface area (Å²) in [5, 5.41) is 2.82. The summed E-state index contributed by atoms with van der Waals surface area (Å²) < 4.78 is 5.60. The molecule has 0 spiro atoms. The molecule has 0 saturated carbocycles. The highest BCUT2D eigenvalue weighted by Gasteiger charge is 1.99. The summed E-state index contributed by atoms with van der Waals surface area (Å²) >= 11 is 0. The molecule has 3 heteroatoms. The van der Waals surface area contributed by atoms with Gasteiger partial charge >= 0.3 is 0 Å². The molecule has 0 aromatic heterocycles. The molecule has 0 rings (SSSR count). The number of rotatable bonds is 11. The minimum absolute atomic E-state index is 0. The van der Waals surface area contributed by atoms with Crippen LogP contribution in [0.5, 0.6) is 0 Å². The van der Waals surface area contributed by atoms with Crippen molar-refractivity contribution < 1.29 is 11.0 Å². The zero-order valence-electron chi connectivity index (χ0n) is 13.8. The minimum atomic E-state index is 0. The Labute approximate surface area is 122 Å². The summed E-state index contributed by atoms with van der Waals surface area (Å²) in [6.45, 7) is 11.8. The summed E-state index contributed by atoms with van der Waals surface area (Å²) in [6, 6.07) is 0. The van der Waals surface area contributed by atoms with Gasteiger partial charge in [0.2, 0.25) is 5.91 Å². The van der Waals surface area contributed by atoms with Crippen LogP contribution in [0.1, 0.15) is 81.0 Å². The van der Waals surface area contributed by atoms with E-state index in [0.29, 0.717) is 12.5 Å². The molecule has 0 radical (unpaired) electrons. The third-order valence-electron chi connectivity index (χ3n) is 2.90. The highest BCUT2D eigenvalue weighted by Crippen LogP contribution is 2.06. The number of carbonyl (C=O) groups is 1. The van der Waals surface area contributed by atoms with Crippen molar-refractivity contribution >= 4 is 5.91 Å². The molecule has 19 heavy (non-hydrogen) atoms. The Morgan fingerprint density at radius 2 is 1.68 bits per heavy atom. The molecule has 0 aliphatic heterocycles. The Kier molecular flexibility index (Phi) is 19.0. The van der Waals surface area contributed by atoms with Crippen LogP contribution in [0.15, 0.2) is 0 Å². The van der Waals surface area contributed by atoms with Crippen molar-refractivity contribution in [2.75, 3.05) is 13.2 Å². The van der Waals surface area contributed by atoms with Gasteiger partial charge in [-0.2, -0.15) is 0 Å². The second kappa shape index (κ2) is 17.4. The standard InChI is InChI=1S/C14H29NO2.C2H6.H2/c1-4-13(3)17-12-10-8-6-7-9-11-14(16)15-5-2;1-2;/h13H,4-12H2,1-3H3,(H,15,16);1-2H3;1H. The van der Waals surface area contributed by atoms with Gasteiger partial charge in [0.1, 0.15) is 0 Å². The molecule has 0 aromatic carbocycles. The van der Waals surface area contributed by atoms with Crippen molar-refractivity contribution in [1.29, 1.82) is 0 Å². The molecule has 0 aromatic rings. The quantitative estimate of drug-likeness (QED) is 0.562. The number of amides is 1. The van der Waals surface area contributed by atoms with Gasteiger partial charge in [0, 0.05) is 21.0 Å². The van der Waals surface area contributed by atoms with Crippen LogP contribution in [-0.4, -0.2) is 25.2 Å². The van der Waals surface area contributed by atoms with Crippen LogP contribution < -0.4 is 5.32 Å². The van der Waals surface area contributed by atoms with Crippen LogP contribution in [0, 0.1) is 0 Å². The first-order valence-electron chi connectivity index (χ1n) is 8.09. The van der Waals surface area contributed by atoms with Gasteiger partial charge < -0.3 is 10.1 Å². The van der Waals surface area contributed by atoms with E-state index in [1.165, 1.54) is 12.8 Å². The molecule has 1 amide bonds. The van der Waals surface area contributed by atoms with E-state index in [4.69, 9.17) is 4.74 Å². The first-order chi connectivity index (χ1) is 9.20. The first-order valence-corrected chi connectivity index (χ1v) is 8.09. The van der Waals surface area contributed by atoms with E-state index in [0.717, 1.165) is 38.8 Å². The highest BCUT2D eigenvalue weighted by atomic mass is 16.5. The minimum Gasteiger partial charge on any atom is -0.379 e. The molecule has 1 unspecified atom stereocenters. The zero-order chi connectivity index (χ0) is 14.9. The van der Waals surface area contributed by atoms with Crippen LogP contribution in [0.2, 0.25) is 0 Å². The predicted molar refractivity (Wildman–Crippen MR) is 85.6 cm³/mol. The van der Waals surface area contributed by atoms with Crippen LogP contribution >= 0.6 is 0 Å². The molecule has 118 valence electrons. The largest absolute Gasteiger partial charge is 0.379 e. The van der Waals surface area contributed by atoms with E-state index in [-0.39, 0.29) is 7.33 Å². The van der Waals surface area contributed by atoms with Gasteiger partial charge in [-0.05, 0) is 33.1 Å². The van der Waals surface area contributed by atoms with Crippen molar-refractivity contribution in [3.05, 3.63) is 0 Å². The third kappa shape index (κ3) is 17.4. The van der Waals surface area contributed by atoms with Gasteiger partial charge in [0.25, 0.3) is 0 Å². The molecule has 0 aliphatic rings. The molecule has 0 bridgehead atoms. The number of hydrogen-bond acceptors (Lipinski definition) is 2. The number of unbranched alkanes of at least 4 members (excludes halogenated alkanes) is 4. The SMILES string of the molecule is CC.CCNC(=O)CCCCCCCOC(C)CC.[HH]. The number of nitrogens with one attached hydrogen (secondary N) is 1. The molecule has 0 saturated heterocycles. The predicted octanol–water partition coefficient (Wildman–Crippen LogP) is 4.55. The molecule has 3 nitrogen and oxygen atoms in total. The van der Waals surface area contributed by atoms with Gasteiger partial charge in [-0.1, -0.05) is 40.0 Å². The Morgan fingerprint density at radius 1 is 1.11 bits per heavy atom. The van der Waals surface area contributed by atoms with E-state index >= 15 is 0 Å². The lowest BCUT2D eigenvalue weighted by molar-refractivity contribution is -0.121. The average molecular weight is 275 g/mol. The van der Waals surface area contributed by atoms with Crippen molar-refractivity contribution in [2.45, 2.75) is 85.7 Å². The van der Waals surface area contributed by atoms with E-state index < -0.39 is 0 Å². The second-order valence-corrected chi connectivity index (χ2v) is 4.56. The van der Waals surface area contributed by atoms with Gasteiger partial charge in [-0.25, -0.2) is 0 Å². The maximum Gasteiger partial charge on any atom is 0.219 e. The Hall–Kier alpha value is -0.570. The normalized spacial score (nSPS) is 11.4. The van der Waals surface area contributed by atoms with Crippen molar-refractivity contribution in [1.82, 2.24) is 5.32 Å². The summed E-state index contributed by atoms with van der Waals surface area (Å²) in [6.07, 6.45) is 7.90. The zero-order valence-corrected chi connectivity index (χ0v) is 13.8. The summed E-state index contributed by atoms with van der Waals surface area (Å²) in [4.78, 5) is 11.2. The van der Waals surface area contributed by atoms with E-state index in [1.54, 1.807) is 0 Å². The number of ether oxygens (including phenoxy) is 1. The van der Waals surface area contributed by atoms with E-state index in [9.17, 15) is 4.79 Å². The van der Waals surface area contributed by atoms with Crippen LogP contribution in [0.3, 0.4) is 0 Å². The highest BCUT2D eigenvalue weighted by molar-refractivity contribution is 5.75. The Morgan fingerprint density at radius 3 is 2.26 bits per heavy atom. The maximum atomic E-state index is 11.2. The van der Waals surface area contributed by atoms with Gasteiger partial charge in [0.15, 0.2) is 0 Å². The lowest BCUT2D eigenvalue weighted by atomic mass is 10.1. The van der Waals surface area contributed by atoms with Crippen LogP contribution in [0.4, 0.5) is 0 Å². The summed E-state index contributed by atoms with van der Waals surface area (Å²) in [5.74, 6) is 0.188. The van der Waals surface area contributed by atoms with Crippen LogP contribution in [-0.2, 0) is 9.53 Å². The summed E-state index contributed by atoms with van der Waals surface area (Å²) in [7, 11) is 0. The molecule has 0 heterocycles. The third-order valence-corrected chi connectivity index (χ3v) is 2.90. The van der Waals surface area contributed by atoms with E-state index in [1.807, 2.05) is 20.8 Å². The molecular weight excluding hydrogens is 238 g/mol. The number of carbonyl (C=O) groups excluding carboxylic acids is 1. The fourth-order valence-corrected chi connectivity index (χ4v) is 1.61. The molecule has 1 atom stereocenters. The van der Waals surface area contributed by atoms with Gasteiger partial charge in [-0.15, -0.1) is 0 Å². The lowest BCUT2D eigenvalue weighted by Gasteiger charge is -2.09. The average Bonchev–Trinajstić information content (AvgIpc) is 2.44. The molecule has 1 N–H and O–H groups in total. The molecule has 0 fully saturated rings. The molecule has 0 aliphatic carbocycles. The Balaban J connectivity index is -0.000000916. The van der Waals surface area contributed by atoms with Crippen molar-refractivity contribution in [2.24, 2.45) is 0 Å². The monoisotopic (exact) mass is 275 g/mol. The van der Waals surface area contributed by atoms with Gasteiger partial charge in [0.05, 0.1) is 6.10 Å². The fourth-order valence-electron chi connectivity index (χ4n) is 1.61. The van der Waals surface area contributed by atoms with Crippen LogP contribution in [0.25, 0.3) is 0 Å².